The van der Waals surface area contributed by atoms with E-state index in [1.807, 2.05) is 0 Å². The summed E-state index contributed by atoms with van der Waals surface area (Å²) in [7, 11) is 2.95. The maximum atomic E-state index is 12.0. The Hall–Kier alpha value is -3.62. The van der Waals surface area contributed by atoms with Crippen LogP contribution in [0.4, 0.5) is 11.4 Å². The molecule has 0 aliphatic rings. The SMILES string of the molecule is COc1cc(NC(=O)COC(=O)Cc2ccccc2[N+](=O)[O-])cc(OC)c1. The number of benzene rings is 2. The Kier molecular flexibility index (Phi) is 6.70. The van der Waals surface area contributed by atoms with Crippen LogP contribution in [-0.2, 0) is 20.7 Å². The van der Waals surface area contributed by atoms with Crippen LogP contribution in [0.15, 0.2) is 42.5 Å². The van der Waals surface area contributed by atoms with Gasteiger partial charge in [0.1, 0.15) is 11.5 Å². The van der Waals surface area contributed by atoms with Gasteiger partial charge in [-0.05, 0) is 0 Å². The second-order valence-electron chi connectivity index (χ2n) is 5.37. The number of amides is 1. The largest absolute Gasteiger partial charge is 0.497 e. The van der Waals surface area contributed by atoms with E-state index in [-0.39, 0.29) is 17.7 Å². The fourth-order valence-corrected chi connectivity index (χ4v) is 2.27. The van der Waals surface area contributed by atoms with Crippen molar-refractivity contribution in [3.63, 3.8) is 0 Å². The molecule has 0 saturated heterocycles. The summed E-state index contributed by atoms with van der Waals surface area (Å²) in [5, 5.41) is 13.5. The predicted octanol–water partition coefficient (Wildman–Crippen LogP) is 2.34. The van der Waals surface area contributed by atoms with Crippen molar-refractivity contribution in [2.24, 2.45) is 0 Å². The molecule has 142 valence electrons. The zero-order valence-corrected chi connectivity index (χ0v) is 14.8. The van der Waals surface area contributed by atoms with Crippen molar-refractivity contribution in [1.29, 1.82) is 0 Å². The number of para-hydroxylation sites is 1. The Balaban J connectivity index is 1.92. The maximum absolute atomic E-state index is 12.0. The van der Waals surface area contributed by atoms with Crippen LogP contribution in [-0.4, -0.2) is 37.6 Å². The lowest BCUT2D eigenvalue weighted by Crippen LogP contribution is -2.21. The number of nitro benzene ring substituents is 1. The van der Waals surface area contributed by atoms with Gasteiger partial charge in [-0.2, -0.15) is 0 Å². The van der Waals surface area contributed by atoms with E-state index in [4.69, 9.17) is 14.2 Å². The molecule has 2 aromatic rings. The zero-order valence-electron chi connectivity index (χ0n) is 14.8. The molecule has 0 unspecified atom stereocenters. The van der Waals surface area contributed by atoms with Crippen molar-refractivity contribution in [2.75, 3.05) is 26.1 Å². The van der Waals surface area contributed by atoms with Crippen LogP contribution in [0.25, 0.3) is 0 Å². The Morgan fingerprint density at radius 3 is 2.30 bits per heavy atom. The number of hydrogen-bond donors (Lipinski definition) is 1. The highest BCUT2D eigenvalue weighted by Gasteiger charge is 2.17. The first-order chi connectivity index (χ1) is 12.9. The number of nitrogens with zero attached hydrogens (tertiary/aromatic N) is 1. The number of esters is 1. The second kappa shape index (κ2) is 9.18. The Labute approximate surface area is 155 Å². The lowest BCUT2D eigenvalue weighted by Gasteiger charge is -2.10. The molecule has 9 nitrogen and oxygen atoms in total. The molecule has 0 fully saturated rings. The third-order valence-corrected chi connectivity index (χ3v) is 3.52. The highest BCUT2D eigenvalue weighted by Crippen LogP contribution is 2.25. The lowest BCUT2D eigenvalue weighted by molar-refractivity contribution is -0.385. The minimum atomic E-state index is -0.748. The lowest BCUT2D eigenvalue weighted by atomic mass is 10.1. The predicted molar refractivity (Wildman–Crippen MR) is 95.9 cm³/mol. The molecule has 9 heteroatoms. The minimum Gasteiger partial charge on any atom is -0.497 e. The van der Waals surface area contributed by atoms with E-state index < -0.39 is 23.4 Å². The molecule has 0 aromatic heterocycles. The quantitative estimate of drug-likeness (QED) is 0.428. The van der Waals surface area contributed by atoms with Crippen LogP contribution in [0.5, 0.6) is 11.5 Å². The van der Waals surface area contributed by atoms with E-state index in [1.165, 1.54) is 32.4 Å². The number of nitrogens with one attached hydrogen (secondary N) is 1. The average Bonchev–Trinajstić information content (AvgIpc) is 2.66. The van der Waals surface area contributed by atoms with Gasteiger partial charge >= 0.3 is 5.97 Å². The molecule has 0 radical (unpaired) electrons. The van der Waals surface area contributed by atoms with E-state index in [2.05, 4.69) is 5.32 Å². The van der Waals surface area contributed by atoms with Gasteiger partial charge in [-0.25, -0.2) is 0 Å². The number of hydrogen-bond acceptors (Lipinski definition) is 7. The summed E-state index contributed by atoms with van der Waals surface area (Å²) in [4.78, 5) is 34.2. The van der Waals surface area contributed by atoms with Crippen LogP contribution in [0, 0.1) is 10.1 Å². The normalized spacial score (nSPS) is 10.0. The fraction of sp³-hybridized carbons (Fsp3) is 0.222. The number of carbonyl (C=O) groups is 2. The van der Waals surface area contributed by atoms with Crippen molar-refractivity contribution < 1.29 is 28.7 Å². The van der Waals surface area contributed by atoms with Gasteiger partial charge in [0.25, 0.3) is 11.6 Å². The standard InChI is InChI=1S/C18H18N2O7/c1-25-14-8-13(9-15(10-14)26-2)19-17(21)11-27-18(22)7-12-5-3-4-6-16(12)20(23)24/h3-6,8-10H,7,11H2,1-2H3,(H,19,21). The Morgan fingerprint density at radius 2 is 1.70 bits per heavy atom. The Morgan fingerprint density at radius 1 is 1.07 bits per heavy atom. The summed E-state index contributed by atoms with van der Waals surface area (Å²) in [6, 6.07) is 10.6. The minimum absolute atomic E-state index is 0.178. The summed E-state index contributed by atoms with van der Waals surface area (Å²) < 4.78 is 15.1. The average molecular weight is 374 g/mol. The number of carbonyl (C=O) groups excluding carboxylic acids is 2. The molecule has 0 bridgehead atoms. The third-order valence-electron chi connectivity index (χ3n) is 3.52. The molecule has 1 amide bonds. The first kappa shape index (κ1) is 19.7. The van der Waals surface area contributed by atoms with Gasteiger partial charge < -0.3 is 19.5 Å². The summed E-state index contributed by atoms with van der Waals surface area (Å²) in [6.45, 7) is -0.529. The van der Waals surface area contributed by atoms with E-state index in [1.54, 1.807) is 24.3 Å². The van der Waals surface area contributed by atoms with Gasteiger partial charge in [0.05, 0.1) is 25.6 Å². The molecule has 0 aliphatic heterocycles. The molecule has 2 aromatic carbocycles. The van der Waals surface area contributed by atoms with Gasteiger partial charge in [0.15, 0.2) is 6.61 Å². The van der Waals surface area contributed by atoms with E-state index >= 15 is 0 Å². The fourth-order valence-electron chi connectivity index (χ4n) is 2.27. The summed E-state index contributed by atoms with van der Waals surface area (Å²) in [5.74, 6) is -0.347. The molecule has 0 aliphatic carbocycles. The van der Waals surface area contributed by atoms with E-state index in [9.17, 15) is 19.7 Å². The summed E-state index contributed by atoms with van der Waals surface area (Å²) in [6.07, 6.45) is -0.308. The van der Waals surface area contributed by atoms with Crippen LogP contribution >= 0.6 is 0 Å². The molecule has 27 heavy (non-hydrogen) atoms. The van der Waals surface area contributed by atoms with Gasteiger partial charge in [-0.1, -0.05) is 18.2 Å². The van der Waals surface area contributed by atoms with Crippen molar-refractivity contribution in [2.45, 2.75) is 6.42 Å². The Bertz CT molecular complexity index is 829. The molecule has 0 saturated carbocycles. The first-order valence-electron chi connectivity index (χ1n) is 7.83. The van der Waals surface area contributed by atoms with Crippen molar-refractivity contribution >= 4 is 23.3 Å². The van der Waals surface area contributed by atoms with Crippen molar-refractivity contribution in [3.05, 3.63) is 58.1 Å². The van der Waals surface area contributed by atoms with Crippen LogP contribution in [0.3, 0.4) is 0 Å². The first-order valence-corrected chi connectivity index (χ1v) is 7.83. The maximum Gasteiger partial charge on any atom is 0.311 e. The highest BCUT2D eigenvalue weighted by atomic mass is 16.6. The molecule has 0 spiro atoms. The molecule has 0 atom stereocenters. The van der Waals surface area contributed by atoms with Gasteiger partial charge in [0.2, 0.25) is 0 Å². The molecule has 2 rings (SSSR count). The van der Waals surface area contributed by atoms with E-state index in [0.29, 0.717) is 17.2 Å². The van der Waals surface area contributed by atoms with Gasteiger partial charge in [-0.3, -0.25) is 19.7 Å². The van der Waals surface area contributed by atoms with Gasteiger partial charge in [-0.15, -0.1) is 0 Å². The number of rotatable bonds is 8. The monoisotopic (exact) mass is 374 g/mol. The topological polar surface area (TPSA) is 117 Å². The second-order valence-corrected chi connectivity index (χ2v) is 5.37. The number of methoxy groups -OCH3 is 2. The van der Waals surface area contributed by atoms with Crippen LogP contribution < -0.4 is 14.8 Å². The van der Waals surface area contributed by atoms with Crippen LogP contribution in [0.2, 0.25) is 0 Å². The molecular formula is C18H18N2O7. The summed E-state index contributed by atoms with van der Waals surface area (Å²) >= 11 is 0. The molecule has 1 N–H and O–H groups in total. The highest BCUT2D eigenvalue weighted by molar-refractivity contribution is 5.93. The van der Waals surface area contributed by atoms with Crippen LogP contribution in [0.1, 0.15) is 5.56 Å². The van der Waals surface area contributed by atoms with Gasteiger partial charge in [0, 0.05) is 35.5 Å². The number of anilines is 1. The molecule has 0 heterocycles. The number of nitro groups is 1. The van der Waals surface area contributed by atoms with Crippen molar-refractivity contribution in [1.82, 2.24) is 0 Å². The number of ether oxygens (including phenoxy) is 3. The zero-order chi connectivity index (χ0) is 19.8. The van der Waals surface area contributed by atoms with E-state index in [0.717, 1.165) is 0 Å². The molecular weight excluding hydrogens is 356 g/mol. The third kappa shape index (κ3) is 5.70. The van der Waals surface area contributed by atoms with Crippen molar-refractivity contribution in [3.8, 4) is 11.5 Å². The summed E-state index contributed by atoms with van der Waals surface area (Å²) in [5.41, 5.74) is 0.443. The smallest absolute Gasteiger partial charge is 0.311 e.